The fourth-order valence-corrected chi connectivity index (χ4v) is 3.22. The molecule has 2 fully saturated rings. The number of aromatic nitrogens is 2. The maximum Gasteiger partial charge on any atom is 0.145 e. The second-order valence-electron chi connectivity index (χ2n) is 5.30. The molecule has 1 aliphatic carbocycles. The van der Waals surface area contributed by atoms with Crippen molar-refractivity contribution in [1.29, 1.82) is 0 Å². The first-order valence-electron chi connectivity index (χ1n) is 6.97. The van der Waals surface area contributed by atoms with Gasteiger partial charge < -0.3 is 10.5 Å². The molecule has 3 rings (SSSR count). The molecule has 2 aliphatic rings. The van der Waals surface area contributed by atoms with Crippen molar-refractivity contribution in [3.8, 4) is 0 Å². The van der Waals surface area contributed by atoms with Crippen LogP contribution in [0.1, 0.15) is 25.7 Å². The van der Waals surface area contributed by atoms with E-state index in [4.69, 9.17) is 10.5 Å². The van der Waals surface area contributed by atoms with E-state index in [0.29, 0.717) is 18.0 Å². The van der Waals surface area contributed by atoms with Gasteiger partial charge in [0.15, 0.2) is 0 Å². The predicted octanol–water partition coefficient (Wildman–Crippen LogP) is 1.11. The van der Waals surface area contributed by atoms with Gasteiger partial charge in [0, 0.05) is 31.9 Å². The molecule has 18 heavy (non-hydrogen) atoms. The molecule has 0 bridgehead atoms. The van der Waals surface area contributed by atoms with Crippen molar-refractivity contribution >= 4 is 5.82 Å². The van der Waals surface area contributed by atoms with E-state index in [1.807, 2.05) is 16.9 Å². The van der Waals surface area contributed by atoms with Gasteiger partial charge >= 0.3 is 0 Å². The topological polar surface area (TPSA) is 56.3 Å². The van der Waals surface area contributed by atoms with Crippen LogP contribution in [0.4, 0.5) is 5.82 Å². The molecular weight excluding hydrogens is 228 g/mol. The molecule has 1 aromatic rings. The molecule has 1 aromatic heterocycles. The summed E-state index contributed by atoms with van der Waals surface area (Å²) in [5.41, 5.74) is 5.60. The fraction of sp³-hybridized carbons (Fsp3) is 0.769. The molecule has 1 saturated carbocycles. The molecule has 5 nitrogen and oxygen atoms in total. The number of nitrogens with two attached hydrogens (primary N) is 1. The Balaban J connectivity index is 1.47. The number of aryl methyl sites for hydroxylation is 1. The quantitative estimate of drug-likeness (QED) is 0.869. The maximum absolute atomic E-state index is 5.82. The third kappa shape index (κ3) is 2.52. The number of nitrogen functional groups attached to an aromatic ring is 1. The summed E-state index contributed by atoms with van der Waals surface area (Å²) in [4.78, 5) is 2.61. The van der Waals surface area contributed by atoms with Gasteiger partial charge in [0.05, 0.1) is 12.7 Å². The first-order chi connectivity index (χ1) is 8.83. The minimum absolute atomic E-state index is 0.499. The molecule has 2 heterocycles. The lowest BCUT2D eigenvalue weighted by Crippen LogP contribution is -2.48. The molecule has 2 atom stereocenters. The third-order valence-corrected chi connectivity index (χ3v) is 4.09. The van der Waals surface area contributed by atoms with Crippen LogP contribution in [0.5, 0.6) is 0 Å². The van der Waals surface area contributed by atoms with Crippen molar-refractivity contribution in [2.75, 3.05) is 25.4 Å². The Morgan fingerprint density at radius 3 is 3.17 bits per heavy atom. The lowest BCUT2D eigenvalue weighted by molar-refractivity contribution is -0.0560. The molecule has 5 heteroatoms. The van der Waals surface area contributed by atoms with Gasteiger partial charge in [0.2, 0.25) is 0 Å². The van der Waals surface area contributed by atoms with E-state index in [9.17, 15) is 0 Å². The van der Waals surface area contributed by atoms with Gasteiger partial charge in [-0.2, -0.15) is 5.10 Å². The van der Waals surface area contributed by atoms with Gasteiger partial charge in [-0.3, -0.25) is 9.58 Å². The second kappa shape index (κ2) is 5.28. The molecule has 0 spiro atoms. The van der Waals surface area contributed by atoms with Crippen LogP contribution >= 0.6 is 0 Å². The molecule has 1 aliphatic heterocycles. The molecule has 0 aromatic carbocycles. The lowest BCUT2D eigenvalue weighted by atomic mass is 10.1. The smallest absolute Gasteiger partial charge is 0.145 e. The summed E-state index contributed by atoms with van der Waals surface area (Å²) in [7, 11) is 0. The van der Waals surface area contributed by atoms with E-state index in [-0.39, 0.29) is 0 Å². The average Bonchev–Trinajstić information content (AvgIpc) is 2.98. The first-order valence-corrected chi connectivity index (χ1v) is 6.97. The summed E-state index contributed by atoms with van der Waals surface area (Å²) in [5, 5.41) is 4.21. The number of hydrogen-bond donors (Lipinski definition) is 1. The number of nitrogens with zero attached hydrogens (tertiary/aromatic N) is 3. The molecule has 100 valence electrons. The van der Waals surface area contributed by atoms with Crippen molar-refractivity contribution in [3.63, 3.8) is 0 Å². The minimum Gasteiger partial charge on any atom is -0.382 e. The highest BCUT2D eigenvalue weighted by molar-refractivity contribution is 5.23. The zero-order chi connectivity index (χ0) is 12.4. The molecular formula is C13H22N4O. The second-order valence-corrected chi connectivity index (χ2v) is 5.30. The zero-order valence-corrected chi connectivity index (χ0v) is 10.8. The van der Waals surface area contributed by atoms with Crippen LogP contribution in [0.25, 0.3) is 0 Å². The predicted molar refractivity (Wildman–Crippen MR) is 70.2 cm³/mol. The van der Waals surface area contributed by atoms with Crippen LogP contribution in [0.2, 0.25) is 0 Å². The Morgan fingerprint density at radius 2 is 2.33 bits per heavy atom. The van der Waals surface area contributed by atoms with Crippen molar-refractivity contribution in [3.05, 3.63) is 12.3 Å². The highest BCUT2D eigenvalue weighted by Crippen LogP contribution is 2.29. The summed E-state index contributed by atoms with van der Waals surface area (Å²) in [5.74, 6) is 0.609. The van der Waals surface area contributed by atoms with E-state index in [1.165, 1.54) is 19.3 Å². The molecule has 0 radical (unpaired) electrons. The molecule has 2 N–H and O–H groups in total. The van der Waals surface area contributed by atoms with Gasteiger partial charge in [0.25, 0.3) is 0 Å². The summed E-state index contributed by atoms with van der Waals surface area (Å²) >= 11 is 0. The Hall–Kier alpha value is -1.07. The van der Waals surface area contributed by atoms with Crippen LogP contribution in [-0.2, 0) is 11.3 Å². The van der Waals surface area contributed by atoms with E-state index in [0.717, 1.165) is 32.7 Å². The number of rotatable bonds is 4. The third-order valence-electron chi connectivity index (χ3n) is 4.09. The normalized spacial score (nSPS) is 28.4. The summed E-state index contributed by atoms with van der Waals surface area (Å²) in [6.07, 6.45) is 7.45. The summed E-state index contributed by atoms with van der Waals surface area (Å²) < 4.78 is 7.76. The van der Waals surface area contributed by atoms with Crippen molar-refractivity contribution in [2.24, 2.45) is 0 Å². The first kappa shape index (κ1) is 12.0. The monoisotopic (exact) mass is 250 g/mol. The van der Waals surface area contributed by atoms with E-state index >= 15 is 0 Å². The minimum atomic E-state index is 0.499. The summed E-state index contributed by atoms with van der Waals surface area (Å²) in [6.45, 7) is 4.08. The average molecular weight is 250 g/mol. The highest BCUT2D eigenvalue weighted by Gasteiger charge is 2.35. The van der Waals surface area contributed by atoms with Crippen molar-refractivity contribution < 1.29 is 4.74 Å². The van der Waals surface area contributed by atoms with Crippen LogP contribution in [0.3, 0.4) is 0 Å². The molecule has 1 saturated heterocycles. The Morgan fingerprint density at radius 1 is 1.39 bits per heavy atom. The van der Waals surface area contributed by atoms with Gasteiger partial charge in [-0.1, -0.05) is 0 Å². The SMILES string of the molecule is Nc1ccn(CCCN2CCOC3CCCC32)n1. The number of hydrogen-bond acceptors (Lipinski definition) is 4. The van der Waals surface area contributed by atoms with Gasteiger partial charge in [-0.05, 0) is 31.7 Å². The largest absolute Gasteiger partial charge is 0.382 e. The number of anilines is 1. The Bertz CT molecular complexity index is 392. The maximum atomic E-state index is 5.82. The van der Waals surface area contributed by atoms with E-state index < -0.39 is 0 Å². The molecule has 2 unspecified atom stereocenters. The molecule has 0 amide bonds. The lowest BCUT2D eigenvalue weighted by Gasteiger charge is -2.37. The van der Waals surface area contributed by atoms with E-state index in [1.54, 1.807) is 0 Å². The summed E-state index contributed by atoms with van der Waals surface area (Å²) in [6, 6.07) is 2.52. The van der Waals surface area contributed by atoms with Gasteiger partial charge in [-0.15, -0.1) is 0 Å². The number of ether oxygens (including phenoxy) is 1. The Kier molecular flexibility index (Phi) is 3.52. The Labute approximate surface area is 108 Å². The fourth-order valence-electron chi connectivity index (χ4n) is 3.22. The zero-order valence-electron chi connectivity index (χ0n) is 10.8. The van der Waals surface area contributed by atoms with Crippen LogP contribution in [0.15, 0.2) is 12.3 Å². The van der Waals surface area contributed by atoms with Crippen molar-refractivity contribution in [1.82, 2.24) is 14.7 Å². The highest BCUT2D eigenvalue weighted by atomic mass is 16.5. The van der Waals surface area contributed by atoms with Gasteiger partial charge in [-0.25, -0.2) is 0 Å². The van der Waals surface area contributed by atoms with E-state index in [2.05, 4.69) is 10.00 Å². The van der Waals surface area contributed by atoms with Crippen molar-refractivity contribution in [2.45, 2.75) is 44.4 Å². The standard InChI is InChI=1S/C13H22N4O/c14-13-5-8-17(15-13)7-2-6-16-9-10-18-12-4-1-3-11(12)16/h5,8,11-12H,1-4,6-7,9-10H2,(H2,14,15). The van der Waals surface area contributed by atoms with Crippen LogP contribution in [-0.4, -0.2) is 46.5 Å². The van der Waals surface area contributed by atoms with Gasteiger partial charge in [0.1, 0.15) is 5.82 Å². The van der Waals surface area contributed by atoms with Crippen LogP contribution in [0, 0.1) is 0 Å². The number of fused-ring (bicyclic) bond motifs is 1. The number of morpholine rings is 1. The van der Waals surface area contributed by atoms with Crippen LogP contribution < -0.4 is 5.73 Å².